The van der Waals surface area contributed by atoms with Gasteiger partial charge in [-0.2, -0.15) is 0 Å². The van der Waals surface area contributed by atoms with E-state index in [0.29, 0.717) is 12.1 Å². The van der Waals surface area contributed by atoms with Crippen LogP contribution in [0.3, 0.4) is 0 Å². The van der Waals surface area contributed by atoms with Crippen molar-refractivity contribution in [3.05, 3.63) is 24.3 Å². The minimum absolute atomic E-state index is 0.0743. The number of nitrogens with zero attached hydrogens (tertiary/aromatic N) is 2. The molecule has 1 aliphatic carbocycles. The maximum atomic E-state index is 13.2. The Morgan fingerprint density at radius 2 is 1.80 bits per heavy atom. The highest BCUT2D eigenvalue weighted by atomic mass is 16.2. The lowest BCUT2D eigenvalue weighted by atomic mass is 9.73. The van der Waals surface area contributed by atoms with E-state index in [4.69, 9.17) is 0 Å². The highest BCUT2D eigenvalue weighted by molar-refractivity contribution is 6.11. The molecule has 1 saturated carbocycles. The van der Waals surface area contributed by atoms with Gasteiger partial charge in [0.15, 0.2) is 0 Å². The van der Waals surface area contributed by atoms with Crippen molar-refractivity contribution in [1.29, 1.82) is 0 Å². The van der Waals surface area contributed by atoms with Gasteiger partial charge in [-0.15, -0.1) is 0 Å². The van der Waals surface area contributed by atoms with Gasteiger partial charge in [-0.05, 0) is 69.2 Å². The molecule has 1 aromatic rings. The van der Waals surface area contributed by atoms with Crippen molar-refractivity contribution in [2.45, 2.75) is 70.4 Å². The second-order valence-electron chi connectivity index (χ2n) is 8.98. The van der Waals surface area contributed by atoms with E-state index in [9.17, 15) is 14.4 Å². The Bertz CT molecular complexity index is 818. The summed E-state index contributed by atoms with van der Waals surface area (Å²) in [6.45, 7) is 5.75. The molecule has 3 aliphatic rings. The zero-order valence-corrected chi connectivity index (χ0v) is 17.9. The number of carbonyl (C=O) groups is 3. The topological polar surface area (TPSA) is 81.8 Å². The molecule has 1 spiro atoms. The van der Waals surface area contributed by atoms with Crippen LogP contribution in [0.25, 0.3) is 0 Å². The molecule has 4 rings (SSSR count). The van der Waals surface area contributed by atoms with Crippen molar-refractivity contribution in [3.8, 4) is 0 Å². The first kappa shape index (κ1) is 20.7. The first-order valence-electron chi connectivity index (χ1n) is 11.2. The number of hydrogen-bond donors (Lipinski definition) is 2. The van der Waals surface area contributed by atoms with E-state index in [1.54, 1.807) is 6.92 Å². The number of hydrogen-bond acceptors (Lipinski definition) is 4. The molecule has 2 saturated heterocycles. The van der Waals surface area contributed by atoms with Crippen LogP contribution in [-0.2, 0) is 9.59 Å². The average Bonchev–Trinajstić information content (AvgIpc) is 3.01. The SMILES string of the molecule is C[C@H](C(=O)Nc1ccc(N2CCCCC2)cc1)N1C(=O)N[C@@]2(CCCC[C@@H]2C)C1=O. The van der Waals surface area contributed by atoms with Gasteiger partial charge in [0.2, 0.25) is 5.91 Å². The van der Waals surface area contributed by atoms with E-state index in [2.05, 4.69) is 15.5 Å². The Morgan fingerprint density at radius 1 is 1.10 bits per heavy atom. The van der Waals surface area contributed by atoms with Gasteiger partial charge in [0.25, 0.3) is 5.91 Å². The summed E-state index contributed by atoms with van der Waals surface area (Å²) in [7, 11) is 0. The van der Waals surface area contributed by atoms with Gasteiger partial charge in [-0.25, -0.2) is 9.69 Å². The number of amides is 4. The molecular weight excluding hydrogens is 380 g/mol. The molecule has 4 amide bonds. The molecule has 3 atom stereocenters. The van der Waals surface area contributed by atoms with Crippen LogP contribution in [0.4, 0.5) is 16.2 Å². The lowest BCUT2D eigenvalue weighted by Crippen LogP contribution is -2.54. The lowest BCUT2D eigenvalue weighted by molar-refractivity contribution is -0.138. The predicted octanol–water partition coefficient (Wildman–Crippen LogP) is 3.50. The zero-order valence-electron chi connectivity index (χ0n) is 17.9. The third-order valence-electron chi connectivity index (χ3n) is 7.07. The number of carbonyl (C=O) groups excluding carboxylic acids is 3. The standard InChI is InChI=1S/C23H32N4O3/c1-16-8-4-5-13-23(16)21(29)27(22(30)25-23)17(2)20(28)24-18-9-11-19(12-10-18)26-14-6-3-7-15-26/h9-12,16-17H,3-8,13-15H2,1-2H3,(H,24,28)(H,25,30)/t16-,17+,23+/m0/s1. The van der Waals surface area contributed by atoms with Crippen LogP contribution in [0.1, 0.15) is 58.8 Å². The smallest absolute Gasteiger partial charge is 0.325 e. The summed E-state index contributed by atoms with van der Waals surface area (Å²) in [5.74, 6) is -0.544. The Morgan fingerprint density at radius 3 is 2.47 bits per heavy atom. The van der Waals surface area contributed by atoms with Crippen LogP contribution in [0.2, 0.25) is 0 Å². The quantitative estimate of drug-likeness (QED) is 0.742. The molecule has 3 fully saturated rings. The molecule has 0 aromatic heterocycles. The summed E-state index contributed by atoms with van der Waals surface area (Å²) in [5, 5.41) is 5.78. The first-order chi connectivity index (χ1) is 14.4. The molecule has 2 heterocycles. The third kappa shape index (κ3) is 3.66. The fraction of sp³-hybridized carbons (Fsp3) is 0.609. The number of benzene rings is 1. The Labute approximate surface area is 178 Å². The average molecular weight is 413 g/mol. The van der Waals surface area contributed by atoms with Gasteiger partial charge in [0, 0.05) is 24.5 Å². The maximum Gasteiger partial charge on any atom is 0.325 e. The number of piperidine rings is 1. The van der Waals surface area contributed by atoms with E-state index in [0.717, 1.165) is 42.9 Å². The highest BCUT2D eigenvalue weighted by Gasteiger charge is 2.56. The van der Waals surface area contributed by atoms with Crippen molar-refractivity contribution in [1.82, 2.24) is 10.2 Å². The van der Waals surface area contributed by atoms with Gasteiger partial charge in [-0.3, -0.25) is 9.59 Å². The Hall–Kier alpha value is -2.57. The van der Waals surface area contributed by atoms with Crippen LogP contribution in [0.5, 0.6) is 0 Å². The molecule has 2 aliphatic heterocycles. The van der Waals surface area contributed by atoms with Crippen molar-refractivity contribution in [2.75, 3.05) is 23.3 Å². The fourth-order valence-electron chi connectivity index (χ4n) is 5.09. The molecule has 7 heteroatoms. The molecule has 2 N–H and O–H groups in total. The third-order valence-corrected chi connectivity index (χ3v) is 7.07. The van der Waals surface area contributed by atoms with E-state index in [-0.39, 0.29) is 17.7 Å². The minimum Gasteiger partial charge on any atom is -0.372 e. The van der Waals surface area contributed by atoms with Crippen LogP contribution in [0, 0.1) is 5.92 Å². The summed E-state index contributed by atoms with van der Waals surface area (Å²) in [4.78, 5) is 42.1. The van der Waals surface area contributed by atoms with E-state index < -0.39 is 17.6 Å². The van der Waals surface area contributed by atoms with Gasteiger partial charge in [-0.1, -0.05) is 19.8 Å². The van der Waals surface area contributed by atoms with E-state index in [1.807, 2.05) is 31.2 Å². The van der Waals surface area contributed by atoms with Crippen molar-refractivity contribution >= 4 is 29.2 Å². The van der Waals surface area contributed by atoms with Crippen molar-refractivity contribution in [2.24, 2.45) is 5.92 Å². The summed E-state index contributed by atoms with van der Waals surface area (Å²) in [5.41, 5.74) is 0.975. The number of urea groups is 1. The molecule has 30 heavy (non-hydrogen) atoms. The predicted molar refractivity (Wildman–Crippen MR) is 116 cm³/mol. The molecule has 0 bridgehead atoms. The Kier molecular flexibility index (Phi) is 5.71. The summed E-state index contributed by atoms with van der Waals surface area (Å²) in [6.07, 6.45) is 7.23. The van der Waals surface area contributed by atoms with Gasteiger partial charge in [0.1, 0.15) is 11.6 Å². The summed E-state index contributed by atoms with van der Waals surface area (Å²) < 4.78 is 0. The largest absolute Gasteiger partial charge is 0.372 e. The molecule has 0 unspecified atom stereocenters. The van der Waals surface area contributed by atoms with Crippen LogP contribution in [-0.4, -0.2) is 47.4 Å². The number of imide groups is 1. The summed E-state index contributed by atoms with van der Waals surface area (Å²) in [6, 6.07) is 6.45. The second kappa shape index (κ2) is 8.28. The van der Waals surface area contributed by atoms with Gasteiger partial charge in [0.05, 0.1) is 0 Å². The minimum atomic E-state index is -0.868. The summed E-state index contributed by atoms with van der Waals surface area (Å²) >= 11 is 0. The van der Waals surface area contributed by atoms with Crippen LogP contribution >= 0.6 is 0 Å². The number of rotatable bonds is 4. The molecule has 7 nitrogen and oxygen atoms in total. The van der Waals surface area contributed by atoms with Crippen LogP contribution in [0.15, 0.2) is 24.3 Å². The van der Waals surface area contributed by atoms with Crippen molar-refractivity contribution in [3.63, 3.8) is 0 Å². The normalized spacial score (nSPS) is 27.9. The second-order valence-corrected chi connectivity index (χ2v) is 8.98. The fourth-order valence-corrected chi connectivity index (χ4v) is 5.09. The highest BCUT2D eigenvalue weighted by Crippen LogP contribution is 2.38. The molecular formula is C23H32N4O3. The van der Waals surface area contributed by atoms with Crippen LogP contribution < -0.4 is 15.5 Å². The zero-order chi connectivity index (χ0) is 21.3. The Balaban J connectivity index is 1.42. The van der Waals surface area contributed by atoms with Gasteiger partial charge < -0.3 is 15.5 Å². The molecule has 0 radical (unpaired) electrons. The van der Waals surface area contributed by atoms with Gasteiger partial charge >= 0.3 is 6.03 Å². The monoisotopic (exact) mass is 412 g/mol. The first-order valence-corrected chi connectivity index (χ1v) is 11.2. The number of anilines is 2. The molecule has 162 valence electrons. The lowest BCUT2D eigenvalue weighted by Gasteiger charge is -2.37. The van der Waals surface area contributed by atoms with Crippen molar-refractivity contribution < 1.29 is 14.4 Å². The van der Waals surface area contributed by atoms with E-state index in [1.165, 1.54) is 19.3 Å². The number of nitrogens with one attached hydrogen (secondary N) is 2. The maximum absolute atomic E-state index is 13.2. The van der Waals surface area contributed by atoms with E-state index >= 15 is 0 Å². The molecule has 1 aromatic carbocycles.